The van der Waals surface area contributed by atoms with Gasteiger partial charge in [-0.15, -0.1) is 0 Å². The lowest BCUT2D eigenvalue weighted by atomic mass is 10.1. The highest BCUT2D eigenvalue weighted by molar-refractivity contribution is 9.10. The van der Waals surface area contributed by atoms with Crippen LogP contribution in [0.3, 0.4) is 0 Å². The first-order chi connectivity index (χ1) is 7.91. The van der Waals surface area contributed by atoms with Crippen LogP contribution >= 0.6 is 15.9 Å². The Kier molecular flexibility index (Phi) is 3.08. The van der Waals surface area contributed by atoms with Crippen molar-refractivity contribution >= 4 is 26.8 Å². The number of rotatable bonds is 1. The van der Waals surface area contributed by atoms with E-state index in [4.69, 9.17) is 0 Å². The zero-order valence-electron chi connectivity index (χ0n) is 9.90. The van der Waals surface area contributed by atoms with Crippen LogP contribution in [0.4, 0.5) is 4.39 Å². The van der Waals surface area contributed by atoms with Gasteiger partial charge < -0.3 is 4.98 Å². The van der Waals surface area contributed by atoms with E-state index in [0.717, 1.165) is 11.3 Å². The molecule has 0 saturated heterocycles. The zero-order valence-corrected chi connectivity index (χ0v) is 11.5. The van der Waals surface area contributed by atoms with Gasteiger partial charge in [-0.3, -0.25) is 4.79 Å². The number of pyridine rings is 1. The molecular formula is C13H13BrFNO. The molecule has 0 amide bonds. The average molecular weight is 298 g/mol. The number of H-pyrrole nitrogens is 1. The molecule has 0 unspecified atom stereocenters. The van der Waals surface area contributed by atoms with Gasteiger partial charge >= 0.3 is 0 Å². The second-order valence-electron chi connectivity index (χ2n) is 4.48. The molecule has 0 aliphatic carbocycles. The summed E-state index contributed by atoms with van der Waals surface area (Å²) in [7, 11) is 0. The molecule has 0 atom stereocenters. The van der Waals surface area contributed by atoms with E-state index in [1.807, 2.05) is 13.8 Å². The predicted molar refractivity (Wildman–Crippen MR) is 71.1 cm³/mol. The fourth-order valence-electron chi connectivity index (χ4n) is 1.85. The normalized spacial score (nSPS) is 11.4. The number of hydrogen-bond acceptors (Lipinski definition) is 1. The largest absolute Gasteiger partial charge is 0.358 e. The minimum absolute atomic E-state index is 0.156. The predicted octanol–water partition coefficient (Wildman–Crippen LogP) is 3.86. The summed E-state index contributed by atoms with van der Waals surface area (Å²) >= 11 is 3.13. The number of benzene rings is 1. The zero-order chi connectivity index (χ0) is 12.7. The average Bonchev–Trinajstić information content (AvgIpc) is 2.25. The quantitative estimate of drug-likeness (QED) is 0.852. The first kappa shape index (κ1) is 12.3. The van der Waals surface area contributed by atoms with Crippen molar-refractivity contribution in [2.75, 3.05) is 0 Å². The van der Waals surface area contributed by atoms with Gasteiger partial charge in [-0.05, 0) is 40.4 Å². The topological polar surface area (TPSA) is 32.9 Å². The molecule has 17 heavy (non-hydrogen) atoms. The summed E-state index contributed by atoms with van der Waals surface area (Å²) < 4.78 is 13.8. The van der Waals surface area contributed by atoms with E-state index in [2.05, 4.69) is 20.9 Å². The molecule has 4 heteroatoms. The van der Waals surface area contributed by atoms with Crippen LogP contribution in [0.2, 0.25) is 0 Å². The minimum atomic E-state index is -0.405. The van der Waals surface area contributed by atoms with E-state index in [-0.39, 0.29) is 15.8 Å². The fraction of sp³-hybridized carbons (Fsp3) is 0.308. The minimum Gasteiger partial charge on any atom is -0.358 e. The third-order valence-corrected chi connectivity index (χ3v) is 3.62. The Labute approximate surface area is 107 Å². The number of aryl methyl sites for hydroxylation is 1. The molecule has 1 aromatic heterocycles. The van der Waals surface area contributed by atoms with E-state index >= 15 is 0 Å². The Morgan fingerprint density at radius 3 is 2.59 bits per heavy atom. The van der Waals surface area contributed by atoms with Crippen molar-refractivity contribution in [2.24, 2.45) is 0 Å². The van der Waals surface area contributed by atoms with Crippen LogP contribution in [0.15, 0.2) is 21.4 Å². The first-order valence-corrected chi connectivity index (χ1v) is 6.22. The standard InChI is InChI=1S/C13H13BrFNO/c1-6(2)9-5-10(17)11-12(14)8(15)4-7(3)13(11)16-9/h4-6H,1-3H3,(H,16,17). The van der Waals surface area contributed by atoms with E-state index in [0.29, 0.717) is 10.9 Å². The van der Waals surface area contributed by atoms with E-state index in [9.17, 15) is 9.18 Å². The number of nitrogens with one attached hydrogen (secondary N) is 1. The maximum Gasteiger partial charge on any atom is 0.190 e. The third-order valence-electron chi connectivity index (χ3n) is 2.84. The number of hydrogen-bond donors (Lipinski definition) is 1. The molecule has 1 heterocycles. The monoisotopic (exact) mass is 297 g/mol. The molecule has 1 aromatic carbocycles. The van der Waals surface area contributed by atoms with Gasteiger partial charge in [0.05, 0.1) is 15.4 Å². The van der Waals surface area contributed by atoms with Gasteiger partial charge in [0, 0.05) is 11.8 Å². The molecule has 0 aliphatic heterocycles. The second kappa shape index (κ2) is 4.26. The summed E-state index contributed by atoms with van der Waals surface area (Å²) in [6.07, 6.45) is 0. The molecule has 0 spiro atoms. The van der Waals surface area contributed by atoms with Crippen LogP contribution in [-0.4, -0.2) is 4.98 Å². The smallest absolute Gasteiger partial charge is 0.190 e. The third kappa shape index (κ3) is 2.02. The Morgan fingerprint density at radius 2 is 2.00 bits per heavy atom. The number of halogens is 2. The lowest BCUT2D eigenvalue weighted by Crippen LogP contribution is -2.08. The van der Waals surface area contributed by atoms with Crippen LogP contribution in [0, 0.1) is 12.7 Å². The van der Waals surface area contributed by atoms with Crippen molar-refractivity contribution < 1.29 is 4.39 Å². The maximum absolute atomic E-state index is 13.5. The highest BCUT2D eigenvalue weighted by Crippen LogP contribution is 2.27. The molecular weight excluding hydrogens is 285 g/mol. The van der Waals surface area contributed by atoms with E-state index in [1.165, 1.54) is 12.1 Å². The summed E-state index contributed by atoms with van der Waals surface area (Å²) in [4.78, 5) is 15.2. The Hall–Kier alpha value is -1.16. The van der Waals surface area contributed by atoms with Crippen molar-refractivity contribution in [3.8, 4) is 0 Å². The summed E-state index contributed by atoms with van der Waals surface area (Å²) in [5.41, 5.74) is 2.15. The highest BCUT2D eigenvalue weighted by atomic mass is 79.9. The van der Waals surface area contributed by atoms with Crippen molar-refractivity contribution in [3.63, 3.8) is 0 Å². The number of aromatic amines is 1. The van der Waals surface area contributed by atoms with Crippen LogP contribution < -0.4 is 5.43 Å². The number of aromatic nitrogens is 1. The Balaban J connectivity index is 2.96. The molecule has 2 aromatic rings. The van der Waals surface area contributed by atoms with Crippen LogP contribution in [-0.2, 0) is 0 Å². The van der Waals surface area contributed by atoms with Gasteiger partial charge in [-0.2, -0.15) is 0 Å². The summed E-state index contributed by atoms with van der Waals surface area (Å²) in [5, 5.41) is 0.381. The fourth-order valence-corrected chi connectivity index (χ4v) is 2.36. The maximum atomic E-state index is 13.5. The van der Waals surface area contributed by atoms with Gasteiger partial charge in [0.2, 0.25) is 0 Å². The first-order valence-electron chi connectivity index (χ1n) is 5.43. The van der Waals surface area contributed by atoms with Gasteiger partial charge in [0.1, 0.15) is 5.82 Å². The van der Waals surface area contributed by atoms with Crippen molar-refractivity contribution in [3.05, 3.63) is 43.9 Å². The Morgan fingerprint density at radius 1 is 1.35 bits per heavy atom. The lowest BCUT2D eigenvalue weighted by molar-refractivity contribution is 0.622. The SMILES string of the molecule is Cc1cc(F)c(Br)c2c(=O)cc(C(C)C)[nH]c12. The number of fused-ring (bicyclic) bond motifs is 1. The molecule has 0 bridgehead atoms. The molecule has 1 N–H and O–H groups in total. The molecule has 2 rings (SSSR count). The van der Waals surface area contributed by atoms with Crippen molar-refractivity contribution in [1.82, 2.24) is 4.98 Å². The van der Waals surface area contributed by atoms with Gasteiger partial charge in [-0.1, -0.05) is 13.8 Å². The molecule has 90 valence electrons. The van der Waals surface area contributed by atoms with Crippen molar-refractivity contribution in [2.45, 2.75) is 26.7 Å². The molecule has 0 aliphatic rings. The second-order valence-corrected chi connectivity index (χ2v) is 5.28. The summed E-state index contributed by atoms with van der Waals surface area (Å²) in [5.74, 6) is -0.173. The Bertz CT molecular complexity index is 646. The van der Waals surface area contributed by atoms with E-state index in [1.54, 1.807) is 6.92 Å². The molecule has 0 saturated carbocycles. The van der Waals surface area contributed by atoms with Crippen LogP contribution in [0.25, 0.3) is 10.9 Å². The molecule has 0 fully saturated rings. The van der Waals surface area contributed by atoms with Crippen molar-refractivity contribution in [1.29, 1.82) is 0 Å². The summed E-state index contributed by atoms with van der Waals surface area (Å²) in [6.45, 7) is 5.80. The van der Waals surface area contributed by atoms with Gasteiger partial charge in [0.25, 0.3) is 0 Å². The molecule has 0 radical (unpaired) electrons. The molecule has 2 nitrogen and oxygen atoms in total. The van der Waals surface area contributed by atoms with Crippen LogP contribution in [0.5, 0.6) is 0 Å². The highest BCUT2D eigenvalue weighted by Gasteiger charge is 2.13. The summed E-state index contributed by atoms with van der Waals surface area (Å²) in [6, 6.07) is 2.96. The van der Waals surface area contributed by atoms with E-state index < -0.39 is 5.82 Å². The van der Waals surface area contributed by atoms with Crippen LogP contribution in [0.1, 0.15) is 31.0 Å². The lowest BCUT2D eigenvalue weighted by Gasteiger charge is -2.10. The van der Waals surface area contributed by atoms with Gasteiger partial charge in [-0.25, -0.2) is 4.39 Å². The van der Waals surface area contributed by atoms with Gasteiger partial charge in [0.15, 0.2) is 5.43 Å².